The fourth-order valence-electron chi connectivity index (χ4n) is 1.91. The second-order valence-corrected chi connectivity index (χ2v) is 5.42. The molecule has 0 aliphatic heterocycles. The van der Waals surface area contributed by atoms with Gasteiger partial charge in [0.05, 0.1) is 6.61 Å². The molecule has 0 fully saturated rings. The molecule has 0 aromatic heterocycles. The van der Waals surface area contributed by atoms with Crippen molar-refractivity contribution < 1.29 is 9.53 Å². The van der Waals surface area contributed by atoms with E-state index in [0.29, 0.717) is 6.61 Å². The first-order chi connectivity index (χ1) is 9.52. The fraction of sp³-hybridized carbons (Fsp3) is 0.562. The quantitative estimate of drug-likeness (QED) is 0.684. The van der Waals surface area contributed by atoms with Crippen molar-refractivity contribution in [3.8, 4) is 0 Å². The van der Waals surface area contributed by atoms with Crippen LogP contribution in [0.25, 0.3) is 0 Å². The van der Waals surface area contributed by atoms with Gasteiger partial charge in [-0.15, -0.1) is 0 Å². The summed E-state index contributed by atoms with van der Waals surface area (Å²) in [6.45, 7) is 2.31. The lowest BCUT2D eigenvalue weighted by Crippen LogP contribution is -2.23. The van der Waals surface area contributed by atoms with Gasteiger partial charge >= 0.3 is 0 Å². The van der Waals surface area contributed by atoms with Gasteiger partial charge in [-0.05, 0) is 45.1 Å². The maximum absolute atomic E-state index is 12.0. The number of hydrogen-bond donors (Lipinski definition) is 0. The highest BCUT2D eigenvalue weighted by molar-refractivity contribution is 5.95. The minimum Gasteiger partial charge on any atom is -0.377 e. The zero-order valence-electron chi connectivity index (χ0n) is 13.1. The SMILES string of the molecule is CN(C)CCCCOCc1ccccc1C(=O)N(C)C. The Bertz CT molecular complexity index is 417. The summed E-state index contributed by atoms with van der Waals surface area (Å²) in [6.07, 6.45) is 2.17. The van der Waals surface area contributed by atoms with E-state index in [9.17, 15) is 4.79 Å². The van der Waals surface area contributed by atoms with E-state index in [1.54, 1.807) is 19.0 Å². The van der Waals surface area contributed by atoms with E-state index in [1.807, 2.05) is 24.3 Å². The molecule has 112 valence electrons. The summed E-state index contributed by atoms with van der Waals surface area (Å²) in [6, 6.07) is 7.64. The molecule has 0 bridgehead atoms. The Morgan fingerprint density at radius 2 is 1.80 bits per heavy atom. The van der Waals surface area contributed by atoms with Crippen LogP contribution in [-0.2, 0) is 11.3 Å². The summed E-state index contributed by atoms with van der Waals surface area (Å²) in [5.74, 6) is 0.0248. The van der Waals surface area contributed by atoms with Crippen molar-refractivity contribution in [2.75, 3.05) is 41.3 Å². The third-order valence-corrected chi connectivity index (χ3v) is 3.06. The third-order valence-electron chi connectivity index (χ3n) is 3.06. The third kappa shape index (κ3) is 5.72. The second kappa shape index (κ2) is 8.72. The van der Waals surface area contributed by atoms with E-state index in [-0.39, 0.29) is 5.91 Å². The number of carbonyl (C=O) groups is 1. The highest BCUT2D eigenvalue weighted by Crippen LogP contribution is 2.12. The molecule has 0 unspecified atom stereocenters. The zero-order valence-corrected chi connectivity index (χ0v) is 13.1. The molecule has 1 amide bonds. The van der Waals surface area contributed by atoms with Crippen LogP contribution in [0.4, 0.5) is 0 Å². The van der Waals surface area contributed by atoms with Crippen molar-refractivity contribution in [1.29, 1.82) is 0 Å². The van der Waals surface area contributed by atoms with E-state index in [0.717, 1.165) is 37.1 Å². The van der Waals surface area contributed by atoms with E-state index in [2.05, 4.69) is 19.0 Å². The van der Waals surface area contributed by atoms with Crippen molar-refractivity contribution in [3.63, 3.8) is 0 Å². The van der Waals surface area contributed by atoms with Crippen LogP contribution in [0.1, 0.15) is 28.8 Å². The van der Waals surface area contributed by atoms with E-state index in [4.69, 9.17) is 4.74 Å². The van der Waals surface area contributed by atoms with E-state index < -0.39 is 0 Å². The molecule has 0 saturated heterocycles. The number of ether oxygens (including phenoxy) is 1. The van der Waals surface area contributed by atoms with Gasteiger partial charge in [-0.1, -0.05) is 18.2 Å². The Labute approximate surface area is 122 Å². The molecule has 1 aromatic rings. The predicted octanol–water partition coefficient (Wildman–Crippen LogP) is 2.25. The minimum absolute atomic E-state index is 0.0248. The number of nitrogens with zero attached hydrogens (tertiary/aromatic N) is 2. The lowest BCUT2D eigenvalue weighted by Gasteiger charge is -2.14. The fourth-order valence-corrected chi connectivity index (χ4v) is 1.91. The maximum atomic E-state index is 12.0. The summed E-state index contributed by atoms with van der Waals surface area (Å²) >= 11 is 0. The molecule has 0 aliphatic carbocycles. The molecular formula is C16H26N2O2. The highest BCUT2D eigenvalue weighted by Gasteiger charge is 2.12. The normalized spacial score (nSPS) is 10.8. The summed E-state index contributed by atoms with van der Waals surface area (Å²) < 4.78 is 5.68. The number of unbranched alkanes of at least 4 members (excludes halogenated alkanes) is 1. The van der Waals surface area contributed by atoms with Crippen molar-refractivity contribution in [2.24, 2.45) is 0 Å². The molecule has 0 saturated carbocycles. The van der Waals surface area contributed by atoms with Gasteiger partial charge in [0.2, 0.25) is 0 Å². The van der Waals surface area contributed by atoms with Gasteiger partial charge in [0.1, 0.15) is 0 Å². The molecule has 20 heavy (non-hydrogen) atoms. The monoisotopic (exact) mass is 278 g/mol. The van der Waals surface area contributed by atoms with Crippen LogP contribution in [0, 0.1) is 0 Å². The average molecular weight is 278 g/mol. The Morgan fingerprint density at radius 1 is 1.10 bits per heavy atom. The average Bonchev–Trinajstić information content (AvgIpc) is 2.42. The molecule has 0 heterocycles. The van der Waals surface area contributed by atoms with Gasteiger partial charge in [0.25, 0.3) is 5.91 Å². The van der Waals surface area contributed by atoms with Gasteiger partial charge in [-0.2, -0.15) is 0 Å². The zero-order chi connectivity index (χ0) is 15.0. The van der Waals surface area contributed by atoms with Crippen LogP contribution in [0.5, 0.6) is 0 Å². The van der Waals surface area contributed by atoms with Gasteiger partial charge in [0, 0.05) is 26.3 Å². The van der Waals surface area contributed by atoms with Crippen LogP contribution in [-0.4, -0.2) is 57.0 Å². The van der Waals surface area contributed by atoms with Crippen LogP contribution in [0.15, 0.2) is 24.3 Å². The summed E-state index contributed by atoms with van der Waals surface area (Å²) in [4.78, 5) is 15.8. The molecule has 0 aliphatic rings. The molecule has 0 N–H and O–H groups in total. The molecule has 1 rings (SSSR count). The van der Waals surface area contributed by atoms with Crippen molar-refractivity contribution in [2.45, 2.75) is 19.4 Å². The second-order valence-electron chi connectivity index (χ2n) is 5.42. The molecule has 0 radical (unpaired) electrons. The Morgan fingerprint density at radius 3 is 2.45 bits per heavy atom. The van der Waals surface area contributed by atoms with Gasteiger partial charge < -0.3 is 14.5 Å². The number of hydrogen-bond acceptors (Lipinski definition) is 3. The first-order valence-corrected chi connectivity index (χ1v) is 7.04. The van der Waals surface area contributed by atoms with Crippen molar-refractivity contribution >= 4 is 5.91 Å². The standard InChI is InChI=1S/C16H26N2O2/c1-17(2)11-7-8-12-20-13-14-9-5-6-10-15(14)16(19)18(3)4/h5-6,9-10H,7-8,11-13H2,1-4H3. The van der Waals surface area contributed by atoms with Crippen LogP contribution in [0.2, 0.25) is 0 Å². The van der Waals surface area contributed by atoms with Crippen molar-refractivity contribution in [3.05, 3.63) is 35.4 Å². The molecule has 1 aromatic carbocycles. The predicted molar refractivity (Wildman–Crippen MR) is 81.9 cm³/mol. The van der Waals surface area contributed by atoms with Crippen LogP contribution in [0.3, 0.4) is 0 Å². The largest absolute Gasteiger partial charge is 0.377 e. The van der Waals surface area contributed by atoms with Crippen LogP contribution >= 0.6 is 0 Å². The number of rotatable bonds is 8. The maximum Gasteiger partial charge on any atom is 0.253 e. The minimum atomic E-state index is 0.0248. The lowest BCUT2D eigenvalue weighted by molar-refractivity contribution is 0.0815. The topological polar surface area (TPSA) is 32.8 Å². The van der Waals surface area contributed by atoms with Gasteiger partial charge in [0.15, 0.2) is 0 Å². The molecule has 4 nitrogen and oxygen atoms in total. The first kappa shape index (κ1) is 16.7. The number of carbonyl (C=O) groups excluding carboxylic acids is 1. The van der Waals surface area contributed by atoms with Crippen molar-refractivity contribution in [1.82, 2.24) is 9.80 Å². The van der Waals surface area contributed by atoms with Crippen LogP contribution < -0.4 is 0 Å². The Hall–Kier alpha value is -1.39. The molecular weight excluding hydrogens is 252 g/mol. The first-order valence-electron chi connectivity index (χ1n) is 7.04. The van der Waals surface area contributed by atoms with Gasteiger partial charge in [-0.25, -0.2) is 0 Å². The Balaban J connectivity index is 2.42. The van der Waals surface area contributed by atoms with E-state index >= 15 is 0 Å². The number of benzene rings is 1. The molecule has 0 atom stereocenters. The van der Waals surface area contributed by atoms with E-state index in [1.165, 1.54) is 0 Å². The number of amides is 1. The smallest absolute Gasteiger partial charge is 0.253 e. The van der Waals surface area contributed by atoms with Gasteiger partial charge in [-0.3, -0.25) is 4.79 Å². The summed E-state index contributed by atoms with van der Waals surface area (Å²) in [5.41, 5.74) is 1.68. The Kier molecular flexibility index (Phi) is 7.26. The summed E-state index contributed by atoms with van der Waals surface area (Å²) in [5, 5.41) is 0. The lowest BCUT2D eigenvalue weighted by atomic mass is 10.1. The molecule has 0 spiro atoms. The molecule has 4 heteroatoms. The summed E-state index contributed by atoms with van der Waals surface area (Å²) in [7, 11) is 7.68. The highest BCUT2D eigenvalue weighted by atomic mass is 16.5.